The van der Waals surface area contributed by atoms with Gasteiger partial charge in [-0.05, 0) is 18.2 Å². The van der Waals surface area contributed by atoms with Gasteiger partial charge in [0.25, 0.3) is 0 Å². The van der Waals surface area contributed by atoms with Gasteiger partial charge >= 0.3 is 0 Å². The summed E-state index contributed by atoms with van der Waals surface area (Å²) in [5.41, 5.74) is 4.75. The smallest absolute Gasteiger partial charge is 0.177 e. The Hall–Kier alpha value is -2.26. The first-order chi connectivity index (χ1) is 9.75. The standard InChI is InChI=1S/C17H14N2O.ClH/c1-19(2)16-11-7-3-5-9-13(11)18-15-12-8-4-6-10-14(12)20-17(15)16;/h3-10H,1-2H3;1H. The first kappa shape index (κ1) is 13.7. The summed E-state index contributed by atoms with van der Waals surface area (Å²) in [5, 5.41) is 2.18. The Labute approximate surface area is 128 Å². The van der Waals surface area contributed by atoms with E-state index in [1.807, 2.05) is 50.5 Å². The molecule has 106 valence electrons. The summed E-state index contributed by atoms with van der Waals surface area (Å²) in [7, 11) is 4.07. The minimum Gasteiger partial charge on any atom is -0.452 e. The number of hydrogen-bond acceptors (Lipinski definition) is 3. The van der Waals surface area contributed by atoms with Gasteiger partial charge in [-0.2, -0.15) is 0 Å². The Morgan fingerprint density at radius 1 is 0.905 bits per heavy atom. The number of para-hydroxylation sites is 2. The number of benzene rings is 2. The van der Waals surface area contributed by atoms with Crippen molar-refractivity contribution in [1.82, 2.24) is 4.98 Å². The molecule has 4 heteroatoms. The van der Waals surface area contributed by atoms with E-state index in [0.29, 0.717) is 0 Å². The molecule has 2 heterocycles. The van der Waals surface area contributed by atoms with Gasteiger partial charge in [-0.1, -0.05) is 30.3 Å². The molecule has 0 unspecified atom stereocenters. The fourth-order valence-corrected chi connectivity index (χ4v) is 2.76. The van der Waals surface area contributed by atoms with Crippen molar-refractivity contribution in [3.8, 4) is 0 Å². The quantitative estimate of drug-likeness (QED) is 0.513. The Morgan fingerprint density at radius 3 is 2.33 bits per heavy atom. The van der Waals surface area contributed by atoms with Crippen LogP contribution in [0.25, 0.3) is 33.0 Å². The lowest BCUT2D eigenvalue weighted by Gasteiger charge is -2.15. The molecule has 0 aliphatic heterocycles. The van der Waals surface area contributed by atoms with Crippen molar-refractivity contribution in [3.63, 3.8) is 0 Å². The van der Waals surface area contributed by atoms with E-state index in [9.17, 15) is 0 Å². The highest BCUT2D eigenvalue weighted by Crippen LogP contribution is 2.37. The first-order valence-electron chi connectivity index (χ1n) is 6.63. The zero-order valence-electron chi connectivity index (χ0n) is 11.8. The number of hydrogen-bond donors (Lipinski definition) is 0. The van der Waals surface area contributed by atoms with Gasteiger partial charge in [-0.15, -0.1) is 12.4 Å². The van der Waals surface area contributed by atoms with Crippen LogP contribution < -0.4 is 4.90 Å². The van der Waals surface area contributed by atoms with E-state index < -0.39 is 0 Å². The van der Waals surface area contributed by atoms with Gasteiger partial charge in [0.2, 0.25) is 0 Å². The molecule has 4 rings (SSSR count). The highest BCUT2D eigenvalue weighted by Gasteiger charge is 2.16. The summed E-state index contributed by atoms with van der Waals surface area (Å²) in [6.07, 6.45) is 0. The topological polar surface area (TPSA) is 29.3 Å². The van der Waals surface area contributed by atoms with Crippen LogP contribution in [0.15, 0.2) is 52.9 Å². The third-order valence-corrected chi connectivity index (χ3v) is 3.62. The maximum atomic E-state index is 6.05. The zero-order valence-corrected chi connectivity index (χ0v) is 12.6. The van der Waals surface area contributed by atoms with Gasteiger partial charge in [0.1, 0.15) is 11.1 Å². The maximum Gasteiger partial charge on any atom is 0.177 e. The zero-order chi connectivity index (χ0) is 13.7. The number of halogens is 1. The van der Waals surface area contributed by atoms with Gasteiger partial charge in [0, 0.05) is 24.9 Å². The molecule has 0 N–H and O–H groups in total. The highest BCUT2D eigenvalue weighted by molar-refractivity contribution is 6.13. The van der Waals surface area contributed by atoms with Crippen molar-refractivity contribution in [2.24, 2.45) is 0 Å². The summed E-state index contributed by atoms with van der Waals surface area (Å²) in [6, 6.07) is 16.2. The van der Waals surface area contributed by atoms with Crippen molar-refractivity contribution in [3.05, 3.63) is 48.5 Å². The average Bonchev–Trinajstić information content (AvgIpc) is 2.82. The molecular weight excluding hydrogens is 284 g/mol. The number of rotatable bonds is 1. The van der Waals surface area contributed by atoms with Crippen LogP contribution in [0.5, 0.6) is 0 Å². The lowest BCUT2D eigenvalue weighted by Crippen LogP contribution is -2.09. The van der Waals surface area contributed by atoms with E-state index in [2.05, 4.69) is 17.0 Å². The Balaban J connectivity index is 0.00000132. The molecule has 0 atom stereocenters. The lowest BCUT2D eigenvalue weighted by molar-refractivity contribution is 0.668. The molecule has 21 heavy (non-hydrogen) atoms. The van der Waals surface area contributed by atoms with E-state index >= 15 is 0 Å². The van der Waals surface area contributed by atoms with E-state index in [1.54, 1.807) is 0 Å². The van der Waals surface area contributed by atoms with E-state index in [0.717, 1.165) is 38.7 Å². The molecule has 4 aromatic rings. The number of nitrogens with zero attached hydrogens (tertiary/aromatic N) is 2. The van der Waals surface area contributed by atoms with Crippen LogP contribution in [0.1, 0.15) is 0 Å². The van der Waals surface area contributed by atoms with Crippen LogP contribution >= 0.6 is 12.4 Å². The number of aromatic nitrogens is 1. The van der Waals surface area contributed by atoms with Crippen molar-refractivity contribution in [2.75, 3.05) is 19.0 Å². The third-order valence-electron chi connectivity index (χ3n) is 3.62. The monoisotopic (exact) mass is 298 g/mol. The van der Waals surface area contributed by atoms with E-state index in [4.69, 9.17) is 9.40 Å². The Kier molecular flexibility index (Phi) is 3.22. The first-order valence-corrected chi connectivity index (χ1v) is 6.63. The molecule has 3 nitrogen and oxygen atoms in total. The second kappa shape index (κ2) is 4.93. The lowest BCUT2D eigenvalue weighted by atomic mass is 10.1. The minimum atomic E-state index is 0. The van der Waals surface area contributed by atoms with E-state index in [-0.39, 0.29) is 12.4 Å². The second-order valence-electron chi connectivity index (χ2n) is 5.15. The second-order valence-corrected chi connectivity index (χ2v) is 5.15. The third kappa shape index (κ3) is 1.93. The summed E-state index contributed by atoms with van der Waals surface area (Å²) >= 11 is 0. The summed E-state index contributed by atoms with van der Waals surface area (Å²) < 4.78 is 6.05. The van der Waals surface area contributed by atoms with Gasteiger partial charge in [0.05, 0.1) is 11.2 Å². The van der Waals surface area contributed by atoms with Gasteiger partial charge < -0.3 is 9.32 Å². The molecule has 2 aromatic carbocycles. The molecular formula is C17H15ClN2O. The van der Waals surface area contributed by atoms with Crippen LogP contribution in [0.4, 0.5) is 5.69 Å². The van der Waals surface area contributed by atoms with Crippen LogP contribution in [0, 0.1) is 0 Å². The van der Waals surface area contributed by atoms with Crippen LogP contribution in [0.3, 0.4) is 0 Å². The molecule has 0 fully saturated rings. The highest BCUT2D eigenvalue weighted by atomic mass is 35.5. The fraction of sp³-hybridized carbons (Fsp3) is 0.118. The molecule has 0 spiro atoms. The predicted molar refractivity (Wildman–Crippen MR) is 90.6 cm³/mol. The predicted octanol–water partition coefficient (Wildman–Crippen LogP) is 4.62. The number of anilines is 1. The molecule has 0 amide bonds. The van der Waals surface area contributed by atoms with Crippen molar-refractivity contribution < 1.29 is 4.42 Å². The Bertz CT molecular complexity index is 943. The largest absolute Gasteiger partial charge is 0.452 e. The maximum absolute atomic E-state index is 6.05. The number of furan rings is 1. The molecule has 0 aliphatic carbocycles. The number of pyridine rings is 1. The summed E-state index contributed by atoms with van der Waals surface area (Å²) in [4.78, 5) is 6.88. The normalized spacial score (nSPS) is 11.0. The van der Waals surface area contributed by atoms with Gasteiger partial charge in [0.15, 0.2) is 5.58 Å². The van der Waals surface area contributed by atoms with Crippen LogP contribution in [-0.4, -0.2) is 19.1 Å². The van der Waals surface area contributed by atoms with Crippen LogP contribution in [0.2, 0.25) is 0 Å². The molecule has 0 saturated heterocycles. The minimum absolute atomic E-state index is 0. The molecule has 0 aliphatic rings. The molecule has 0 radical (unpaired) electrons. The van der Waals surface area contributed by atoms with Crippen LogP contribution in [-0.2, 0) is 0 Å². The summed E-state index contributed by atoms with van der Waals surface area (Å²) in [5.74, 6) is 0. The molecule has 2 aromatic heterocycles. The van der Waals surface area contributed by atoms with Crippen molar-refractivity contribution >= 4 is 51.1 Å². The Morgan fingerprint density at radius 2 is 1.57 bits per heavy atom. The molecule has 0 saturated carbocycles. The van der Waals surface area contributed by atoms with Gasteiger partial charge in [-0.3, -0.25) is 0 Å². The van der Waals surface area contributed by atoms with E-state index in [1.165, 1.54) is 0 Å². The number of fused-ring (bicyclic) bond motifs is 4. The fourth-order valence-electron chi connectivity index (χ4n) is 2.76. The average molecular weight is 299 g/mol. The SMILES string of the molecule is CN(C)c1c2ccccc2nc2c1oc1ccccc12.Cl. The molecule has 0 bridgehead atoms. The van der Waals surface area contributed by atoms with Crippen molar-refractivity contribution in [1.29, 1.82) is 0 Å². The van der Waals surface area contributed by atoms with Crippen molar-refractivity contribution in [2.45, 2.75) is 0 Å². The summed E-state index contributed by atoms with van der Waals surface area (Å²) in [6.45, 7) is 0. The van der Waals surface area contributed by atoms with Gasteiger partial charge in [-0.25, -0.2) is 4.98 Å².